The summed E-state index contributed by atoms with van der Waals surface area (Å²) in [5, 5.41) is 5.70. The molecular weight excluding hydrogens is 320 g/mol. The SMILES string of the molecule is COc1ccc(C)cc1-c1csc(NC(=O)C2CC3CCC2C3)n1. The van der Waals surface area contributed by atoms with Crippen LogP contribution in [0.2, 0.25) is 0 Å². The molecule has 2 aliphatic carbocycles. The average molecular weight is 342 g/mol. The number of aryl methyl sites for hydroxylation is 1. The molecule has 0 aliphatic heterocycles. The molecule has 2 fully saturated rings. The van der Waals surface area contributed by atoms with E-state index in [4.69, 9.17) is 4.74 Å². The number of methoxy groups -OCH3 is 1. The van der Waals surface area contributed by atoms with Crippen LogP contribution in [-0.4, -0.2) is 18.0 Å². The van der Waals surface area contributed by atoms with E-state index in [9.17, 15) is 4.79 Å². The Balaban J connectivity index is 1.51. The highest BCUT2D eigenvalue weighted by molar-refractivity contribution is 7.14. The summed E-state index contributed by atoms with van der Waals surface area (Å²) in [6.45, 7) is 2.05. The van der Waals surface area contributed by atoms with Gasteiger partial charge in [0.15, 0.2) is 5.13 Å². The van der Waals surface area contributed by atoms with E-state index < -0.39 is 0 Å². The van der Waals surface area contributed by atoms with Gasteiger partial charge in [-0.2, -0.15) is 0 Å². The lowest BCUT2D eigenvalue weighted by Crippen LogP contribution is -2.27. The molecule has 1 heterocycles. The topological polar surface area (TPSA) is 51.2 Å². The molecule has 1 aromatic heterocycles. The van der Waals surface area contributed by atoms with E-state index in [1.807, 2.05) is 24.4 Å². The van der Waals surface area contributed by atoms with Crippen molar-refractivity contribution in [3.8, 4) is 17.0 Å². The summed E-state index contributed by atoms with van der Waals surface area (Å²) in [4.78, 5) is 17.2. The van der Waals surface area contributed by atoms with Gasteiger partial charge in [0.1, 0.15) is 5.75 Å². The van der Waals surface area contributed by atoms with Gasteiger partial charge < -0.3 is 10.1 Å². The second-order valence-electron chi connectivity index (χ2n) is 7.01. The number of hydrogen-bond donors (Lipinski definition) is 1. The summed E-state index contributed by atoms with van der Waals surface area (Å²) < 4.78 is 5.44. The van der Waals surface area contributed by atoms with Crippen LogP contribution in [0.15, 0.2) is 23.6 Å². The molecule has 1 aromatic carbocycles. The molecule has 5 heteroatoms. The van der Waals surface area contributed by atoms with E-state index in [1.165, 1.54) is 30.6 Å². The molecule has 1 N–H and O–H groups in total. The maximum absolute atomic E-state index is 12.6. The zero-order valence-electron chi connectivity index (χ0n) is 14.0. The Morgan fingerprint density at radius 1 is 1.33 bits per heavy atom. The first kappa shape index (κ1) is 15.6. The summed E-state index contributed by atoms with van der Waals surface area (Å²) in [5.74, 6) is 2.50. The van der Waals surface area contributed by atoms with Crippen molar-refractivity contribution in [3.63, 3.8) is 0 Å². The minimum atomic E-state index is 0.152. The maximum Gasteiger partial charge on any atom is 0.229 e. The van der Waals surface area contributed by atoms with E-state index in [1.54, 1.807) is 7.11 Å². The minimum absolute atomic E-state index is 0.152. The fourth-order valence-corrected chi connectivity index (χ4v) is 4.95. The second kappa shape index (κ2) is 6.20. The second-order valence-corrected chi connectivity index (χ2v) is 7.87. The van der Waals surface area contributed by atoms with Gasteiger partial charge in [0.05, 0.1) is 12.8 Å². The largest absolute Gasteiger partial charge is 0.496 e. The van der Waals surface area contributed by atoms with Crippen molar-refractivity contribution in [1.82, 2.24) is 4.98 Å². The zero-order valence-corrected chi connectivity index (χ0v) is 14.9. The molecule has 2 aliphatic rings. The van der Waals surface area contributed by atoms with Crippen molar-refractivity contribution in [1.29, 1.82) is 0 Å². The van der Waals surface area contributed by atoms with Crippen LogP contribution < -0.4 is 10.1 Å². The zero-order chi connectivity index (χ0) is 16.7. The van der Waals surface area contributed by atoms with Crippen LogP contribution in [-0.2, 0) is 4.79 Å². The van der Waals surface area contributed by atoms with Crippen molar-refractivity contribution >= 4 is 22.4 Å². The molecule has 2 saturated carbocycles. The summed E-state index contributed by atoms with van der Waals surface area (Å²) in [6, 6.07) is 6.04. The first-order chi connectivity index (χ1) is 11.6. The molecule has 24 heavy (non-hydrogen) atoms. The molecule has 3 atom stereocenters. The maximum atomic E-state index is 12.6. The fraction of sp³-hybridized carbons (Fsp3) is 0.474. The Labute approximate surface area is 146 Å². The molecule has 3 unspecified atom stereocenters. The molecule has 0 saturated heterocycles. The predicted octanol–water partition coefficient (Wildman–Crippen LogP) is 4.50. The number of ether oxygens (including phenoxy) is 1. The van der Waals surface area contributed by atoms with Gasteiger partial charge in [-0.3, -0.25) is 4.79 Å². The average Bonchev–Trinajstić information content (AvgIpc) is 3.31. The van der Waals surface area contributed by atoms with Crippen molar-refractivity contribution < 1.29 is 9.53 Å². The van der Waals surface area contributed by atoms with Gasteiger partial charge in [0, 0.05) is 16.9 Å². The Kier molecular flexibility index (Phi) is 4.04. The first-order valence-corrected chi connectivity index (χ1v) is 9.43. The number of aromatic nitrogens is 1. The van der Waals surface area contributed by atoms with Gasteiger partial charge >= 0.3 is 0 Å². The number of hydrogen-bond acceptors (Lipinski definition) is 4. The molecule has 4 nitrogen and oxygen atoms in total. The number of amides is 1. The summed E-state index contributed by atoms with van der Waals surface area (Å²) in [7, 11) is 1.67. The summed E-state index contributed by atoms with van der Waals surface area (Å²) in [5.41, 5.74) is 2.98. The van der Waals surface area contributed by atoms with Crippen molar-refractivity contribution in [2.75, 3.05) is 12.4 Å². The number of anilines is 1. The molecule has 126 valence electrons. The molecule has 4 rings (SSSR count). The number of benzene rings is 1. The summed E-state index contributed by atoms with van der Waals surface area (Å²) in [6.07, 6.45) is 4.82. The van der Waals surface area contributed by atoms with E-state index in [-0.39, 0.29) is 11.8 Å². The monoisotopic (exact) mass is 342 g/mol. The molecular formula is C19H22N2O2S. The van der Waals surface area contributed by atoms with Gasteiger partial charge in [0.2, 0.25) is 5.91 Å². The molecule has 2 bridgehead atoms. The Morgan fingerprint density at radius 2 is 2.21 bits per heavy atom. The quantitative estimate of drug-likeness (QED) is 0.890. The lowest BCUT2D eigenvalue weighted by molar-refractivity contribution is -0.121. The number of carbonyl (C=O) groups excluding carboxylic acids is 1. The number of nitrogens with one attached hydrogen (secondary N) is 1. The first-order valence-electron chi connectivity index (χ1n) is 8.55. The number of nitrogens with zero attached hydrogens (tertiary/aromatic N) is 1. The molecule has 1 amide bonds. The van der Waals surface area contributed by atoms with Gasteiger partial charge in [0.25, 0.3) is 0 Å². The smallest absolute Gasteiger partial charge is 0.229 e. The fourth-order valence-electron chi connectivity index (χ4n) is 4.24. The molecule has 0 radical (unpaired) electrons. The molecule has 2 aromatic rings. The van der Waals surface area contributed by atoms with Crippen molar-refractivity contribution in [3.05, 3.63) is 29.1 Å². The summed E-state index contributed by atoms with van der Waals surface area (Å²) >= 11 is 1.48. The van der Waals surface area contributed by atoms with E-state index in [0.29, 0.717) is 11.0 Å². The minimum Gasteiger partial charge on any atom is -0.496 e. The van der Waals surface area contributed by atoms with Gasteiger partial charge in [-0.1, -0.05) is 18.1 Å². The lowest BCUT2D eigenvalue weighted by atomic mass is 9.88. The van der Waals surface area contributed by atoms with Crippen LogP contribution >= 0.6 is 11.3 Å². The highest BCUT2D eigenvalue weighted by atomic mass is 32.1. The number of fused-ring (bicyclic) bond motifs is 2. The standard InChI is InChI=1S/C19H22N2O2S/c1-11-3-6-17(23-2)15(7-11)16-10-24-19(20-16)21-18(22)14-9-12-4-5-13(14)8-12/h3,6-7,10,12-14H,4-5,8-9H2,1-2H3,(H,20,21,22). The Morgan fingerprint density at radius 3 is 2.92 bits per heavy atom. The third-order valence-electron chi connectivity index (χ3n) is 5.44. The highest BCUT2D eigenvalue weighted by Crippen LogP contribution is 2.48. The van der Waals surface area contributed by atoms with Crippen molar-refractivity contribution in [2.24, 2.45) is 17.8 Å². The van der Waals surface area contributed by atoms with E-state index in [2.05, 4.69) is 16.4 Å². The third kappa shape index (κ3) is 2.81. The number of rotatable bonds is 4. The van der Waals surface area contributed by atoms with Crippen molar-refractivity contribution in [2.45, 2.75) is 32.6 Å². The van der Waals surface area contributed by atoms with Gasteiger partial charge in [-0.15, -0.1) is 11.3 Å². The highest BCUT2D eigenvalue weighted by Gasteiger charge is 2.43. The van der Waals surface area contributed by atoms with Gasteiger partial charge in [-0.05, 0) is 50.2 Å². The Hall–Kier alpha value is -1.88. The van der Waals surface area contributed by atoms with Crippen LogP contribution in [0.25, 0.3) is 11.3 Å². The Bertz CT molecular complexity index is 770. The lowest BCUT2D eigenvalue weighted by Gasteiger charge is -2.19. The number of carbonyl (C=O) groups is 1. The number of thiazole rings is 1. The van der Waals surface area contributed by atoms with Crippen LogP contribution in [0.3, 0.4) is 0 Å². The molecule has 0 spiro atoms. The van der Waals surface area contributed by atoms with Gasteiger partial charge in [-0.25, -0.2) is 4.98 Å². The predicted molar refractivity (Wildman–Crippen MR) is 96.4 cm³/mol. The van der Waals surface area contributed by atoms with E-state index in [0.717, 1.165) is 34.9 Å². The van der Waals surface area contributed by atoms with Crippen LogP contribution in [0.5, 0.6) is 5.75 Å². The van der Waals surface area contributed by atoms with Crippen LogP contribution in [0, 0.1) is 24.7 Å². The normalized spacial score (nSPS) is 25.0. The van der Waals surface area contributed by atoms with Crippen LogP contribution in [0.1, 0.15) is 31.2 Å². The van der Waals surface area contributed by atoms with E-state index >= 15 is 0 Å². The van der Waals surface area contributed by atoms with Crippen LogP contribution in [0.4, 0.5) is 5.13 Å². The third-order valence-corrected chi connectivity index (χ3v) is 6.20.